The van der Waals surface area contributed by atoms with Crippen molar-refractivity contribution in [1.82, 2.24) is 15.1 Å². The SMILES string of the molecule is Ic1cnn(C2CC3(CCNCC3)C2)c1. The first-order chi connectivity index (χ1) is 7.27. The summed E-state index contributed by atoms with van der Waals surface area (Å²) in [5.74, 6) is 0. The van der Waals surface area contributed by atoms with Crippen molar-refractivity contribution in [3.63, 3.8) is 0 Å². The lowest BCUT2D eigenvalue weighted by atomic mass is 9.60. The minimum atomic E-state index is 0.660. The maximum Gasteiger partial charge on any atom is 0.0623 e. The summed E-state index contributed by atoms with van der Waals surface area (Å²) >= 11 is 2.33. The normalized spacial score (nSPS) is 25.4. The van der Waals surface area contributed by atoms with Gasteiger partial charge in [-0.25, -0.2) is 0 Å². The van der Waals surface area contributed by atoms with Gasteiger partial charge in [-0.3, -0.25) is 4.68 Å². The van der Waals surface area contributed by atoms with Gasteiger partial charge in [0.25, 0.3) is 0 Å². The van der Waals surface area contributed by atoms with Crippen molar-refractivity contribution in [2.45, 2.75) is 31.7 Å². The molecule has 0 atom stereocenters. The van der Waals surface area contributed by atoms with Crippen LogP contribution in [0.15, 0.2) is 12.4 Å². The van der Waals surface area contributed by atoms with Crippen molar-refractivity contribution in [3.05, 3.63) is 16.0 Å². The molecule has 0 bridgehead atoms. The van der Waals surface area contributed by atoms with E-state index in [1.165, 1.54) is 42.3 Å². The van der Waals surface area contributed by atoms with Crippen LogP contribution in [0.25, 0.3) is 0 Å². The predicted octanol–water partition coefficient (Wildman–Crippen LogP) is 2.19. The summed E-state index contributed by atoms with van der Waals surface area (Å²) in [7, 11) is 0. The number of hydrogen-bond donors (Lipinski definition) is 1. The Kier molecular flexibility index (Phi) is 2.51. The number of hydrogen-bond acceptors (Lipinski definition) is 2. The van der Waals surface area contributed by atoms with E-state index in [0.717, 1.165) is 0 Å². The van der Waals surface area contributed by atoms with Crippen LogP contribution in [0.4, 0.5) is 0 Å². The minimum Gasteiger partial charge on any atom is -0.317 e. The highest BCUT2D eigenvalue weighted by Gasteiger charge is 2.45. The molecular weight excluding hydrogens is 301 g/mol. The maximum absolute atomic E-state index is 4.41. The van der Waals surface area contributed by atoms with Crippen molar-refractivity contribution in [2.75, 3.05) is 13.1 Å². The number of nitrogens with one attached hydrogen (secondary N) is 1. The molecule has 3 nitrogen and oxygen atoms in total. The van der Waals surface area contributed by atoms with E-state index in [0.29, 0.717) is 11.5 Å². The fraction of sp³-hybridized carbons (Fsp3) is 0.727. The Balaban J connectivity index is 1.65. The van der Waals surface area contributed by atoms with E-state index >= 15 is 0 Å². The summed E-state index contributed by atoms with van der Waals surface area (Å²) in [5, 5.41) is 7.85. The molecule has 4 heteroatoms. The summed E-state index contributed by atoms with van der Waals surface area (Å²) < 4.78 is 3.41. The Morgan fingerprint density at radius 1 is 1.40 bits per heavy atom. The lowest BCUT2D eigenvalue weighted by Gasteiger charge is -2.50. The second kappa shape index (κ2) is 3.73. The van der Waals surface area contributed by atoms with Crippen LogP contribution in [0.5, 0.6) is 0 Å². The van der Waals surface area contributed by atoms with Gasteiger partial charge in [0, 0.05) is 6.20 Å². The Bertz CT molecular complexity index is 346. The summed E-state index contributed by atoms with van der Waals surface area (Å²) in [6.45, 7) is 2.42. The van der Waals surface area contributed by atoms with Gasteiger partial charge in [0.15, 0.2) is 0 Å². The van der Waals surface area contributed by atoms with E-state index in [2.05, 4.69) is 43.9 Å². The third-order valence-corrected chi connectivity index (χ3v) is 4.50. The quantitative estimate of drug-likeness (QED) is 0.805. The van der Waals surface area contributed by atoms with E-state index in [1.807, 2.05) is 6.20 Å². The zero-order valence-electron chi connectivity index (χ0n) is 8.75. The lowest BCUT2D eigenvalue weighted by Crippen LogP contribution is -2.46. The molecule has 1 saturated carbocycles. The minimum absolute atomic E-state index is 0.660. The Morgan fingerprint density at radius 2 is 2.13 bits per heavy atom. The van der Waals surface area contributed by atoms with E-state index in [4.69, 9.17) is 0 Å². The van der Waals surface area contributed by atoms with Crippen molar-refractivity contribution >= 4 is 22.6 Å². The first-order valence-electron chi connectivity index (χ1n) is 5.68. The smallest absolute Gasteiger partial charge is 0.0623 e. The number of rotatable bonds is 1. The van der Waals surface area contributed by atoms with E-state index in [-0.39, 0.29) is 0 Å². The molecule has 1 saturated heterocycles. The van der Waals surface area contributed by atoms with Crippen molar-refractivity contribution < 1.29 is 0 Å². The van der Waals surface area contributed by atoms with Crippen LogP contribution >= 0.6 is 22.6 Å². The molecule has 1 N–H and O–H groups in total. The molecule has 0 aromatic carbocycles. The average molecular weight is 317 g/mol. The molecule has 0 radical (unpaired) electrons. The van der Waals surface area contributed by atoms with Gasteiger partial charge in [-0.15, -0.1) is 0 Å². The molecule has 2 fully saturated rings. The predicted molar refractivity (Wildman–Crippen MR) is 67.8 cm³/mol. The van der Waals surface area contributed by atoms with Crippen molar-refractivity contribution in [2.24, 2.45) is 5.41 Å². The Hall–Kier alpha value is -0.100. The molecule has 2 aliphatic rings. The van der Waals surface area contributed by atoms with Crippen molar-refractivity contribution in [1.29, 1.82) is 0 Å². The van der Waals surface area contributed by atoms with Gasteiger partial charge in [-0.05, 0) is 66.8 Å². The third kappa shape index (κ3) is 1.82. The van der Waals surface area contributed by atoms with Gasteiger partial charge >= 0.3 is 0 Å². The van der Waals surface area contributed by atoms with E-state index in [9.17, 15) is 0 Å². The van der Waals surface area contributed by atoms with Crippen LogP contribution in [0.1, 0.15) is 31.7 Å². The largest absolute Gasteiger partial charge is 0.317 e. The molecular formula is C11H16IN3. The van der Waals surface area contributed by atoms with Gasteiger partial charge in [0.2, 0.25) is 0 Å². The van der Waals surface area contributed by atoms with Crippen LogP contribution in [-0.2, 0) is 0 Å². The number of halogens is 1. The van der Waals surface area contributed by atoms with Gasteiger partial charge in [0.05, 0.1) is 15.8 Å². The standard InChI is InChI=1S/C11H16IN3/c12-9-7-14-15(8-9)10-5-11(6-10)1-3-13-4-2-11/h7-8,10,13H,1-6H2. The van der Waals surface area contributed by atoms with Crippen LogP contribution < -0.4 is 5.32 Å². The number of aromatic nitrogens is 2. The third-order valence-electron chi connectivity index (χ3n) is 3.95. The Morgan fingerprint density at radius 3 is 2.73 bits per heavy atom. The number of nitrogens with zero attached hydrogens (tertiary/aromatic N) is 2. The van der Waals surface area contributed by atoms with E-state index < -0.39 is 0 Å². The van der Waals surface area contributed by atoms with Crippen LogP contribution in [0.3, 0.4) is 0 Å². The second-order valence-corrected chi connectivity index (χ2v) is 6.20. The van der Waals surface area contributed by atoms with E-state index in [1.54, 1.807) is 0 Å². The van der Waals surface area contributed by atoms with Crippen LogP contribution in [0.2, 0.25) is 0 Å². The highest BCUT2D eigenvalue weighted by atomic mass is 127. The van der Waals surface area contributed by atoms with Crippen LogP contribution in [0, 0.1) is 8.99 Å². The highest BCUT2D eigenvalue weighted by molar-refractivity contribution is 14.1. The molecule has 1 aliphatic carbocycles. The number of piperidine rings is 1. The molecule has 0 amide bonds. The van der Waals surface area contributed by atoms with Gasteiger partial charge in [-0.2, -0.15) is 5.10 Å². The first-order valence-corrected chi connectivity index (χ1v) is 6.76. The highest BCUT2D eigenvalue weighted by Crippen LogP contribution is 2.53. The molecule has 1 aromatic rings. The molecule has 1 spiro atoms. The topological polar surface area (TPSA) is 29.9 Å². The fourth-order valence-corrected chi connectivity index (χ4v) is 3.42. The second-order valence-electron chi connectivity index (χ2n) is 4.95. The molecule has 0 unspecified atom stereocenters. The van der Waals surface area contributed by atoms with Crippen LogP contribution in [-0.4, -0.2) is 22.9 Å². The monoisotopic (exact) mass is 317 g/mol. The zero-order chi connectivity index (χ0) is 10.3. The summed E-state index contributed by atoms with van der Waals surface area (Å²) in [4.78, 5) is 0. The lowest BCUT2D eigenvalue weighted by molar-refractivity contribution is 0.0230. The zero-order valence-corrected chi connectivity index (χ0v) is 10.9. The molecule has 3 rings (SSSR count). The Labute approximate surface area is 104 Å². The summed E-state index contributed by atoms with van der Waals surface area (Å²) in [5.41, 5.74) is 0.660. The summed E-state index contributed by atoms with van der Waals surface area (Å²) in [6.07, 6.45) is 9.52. The summed E-state index contributed by atoms with van der Waals surface area (Å²) in [6, 6.07) is 0.673. The molecule has 2 heterocycles. The van der Waals surface area contributed by atoms with Gasteiger partial charge in [0.1, 0.15) is 0 Å². The van der Waals surface area contributed by atoms with Crippen molar-refractivity contribution in [3.8, 4) is 0 Å². The molecule has 15 heavy (non-hydrogen) atoms. The molecule has 1 aromatic heterocycles. The molecule has 82 valence electrons. The van der Waals surface area contributed by atoms with Gasteiger partial charge in [-0.1, -0.05) is 0 Å². The van der Waals surface area contributed by atoms with Gasteiger partial charge < -0.3 is 5.32 Å². The first kappa shape index (κ1) is 10.1. The maximum atomic E-state index is 4.41. The average Bonchev–Trinajstić information content (AvgIpc) is 2.62. The fourth-order valence-electron chi connectivity index (χ4n) is 3.01. The molecule has 1 aliphatic heterocycles.